The van der Waals surface area contributed by atoms with Crippen molar-refractivity contribution >= 4 is 5.57 Å². The zero-order valence-corrected chi connectivity index (χ0v) is 17.5. The number of hydrogen-bond acceptors (Lipinski definition) is 3. The maximum atomic E-state index is 12.5. The van der Waals surface area contributed by atoms with Crippen molar-refractivity contribution in [1.29, 1.82) is 0 Å². The summed E-state index contributed by atoms with van der Waals surface area (Å²) in [5, 5.41) is 0. The van der Waals surface area contributed by atoms with Gasteiger partial charge in [0.1, 0.15) is 12.4 Å². The molecule has 0 unspecified atom stereocenters. The van der Waals surface area contributed by atoms with E-state index in [2.05, 4.69) is 6.58 Å². The second-order valence-corrected chi connectivity index (χ2v) is 7.49. The Bertz CT molecular complexity index is 1050. The van der Waals surface area contributed by atoms with Gasteiger partial charge in [-0.15, -0.1) is 0 Å². The van der Waals surface area contributed by atoms with Crippen LogP contribution in [0, 0.1) is 0 Å². The van der Waals surface area contributed by atoms with Crippen molar-refractivity contribution in [2.45, 2.75) is 26.1 Å². The highest BCUT2D eigenvalue weighted by atomic mass is 19.3. The van der Waals surface area contributed by atoms with E-state index in [0.29, 0.717) is 25.4 Å². The summed E-state index contributed by atoms with van der Waals surface area (Å²) in [5.74, 6) is 0.521. The normalized spacial score (nSPS) is 11.1. The third kappa shape index (κ3) is 6.89. The average Bonchev–Trinajstić information content (AvgIpc) is 2.74. The number of aromatic nitrogens is 1. The first-order chi connectivity index (χ1) is 14.9. The van der Waals surface area contributed by atoms with Crippen LogP contribution in [0.3, 0.4) is 0 Å². The van der Waals surface area contributed by atoms with Gasteiger partial charge in [0.05, 0.1) is 13.1 Å². The predicted octanol–water partition coefficient (Wildman–Crippen LogP) is 4.84. The molecule has 0 N–H and O–H groups in total. The van der Waals surface area contributed by atoms with E-state index in [0.717, 1.165) is 22.3 Å². The summed E-state index contributed by atoms with van der Waals surface area (Å²) in [6.07, 6.45) is -0.654. The fourth-order valence-corrected chi connectivity index (χ4v) is 3.21. The third-order valence-electron chi connectivity index (χ3n) is 4.84. The van der Waals surface area contributed by atoms with Crippen LogP contribution in [0.1, 0.15) is 16.7 Å². The van der Waals surface area contributed by atoms with Gasteiger partial charge in [-0.25, -0.2) is 8.78 Å². The molecule has 0 bridgehead atoms. The van der Waals surface area contributed by atoms with Crippen molar-refractivity contribution in [3.05, 3.63) is 107 Å². The van der Waals surface area contributed by atoms with E-state index >= 15 is 0 Å². The van der Waals surface area contributed by atoms with Crippen molar-refractivity contribution < 1.29 is 13.5 Å². The van der Waals surface area contributed by atoms with Crippen LogP contribution in [0.5, 0.6) is 5.75 Å². The Morgan fingerprint density at radius 3 is 2.42 bits per heavy atom. The molecule has 0 radical (unpaired) electrons. The molecule has 0 fully saturated rings. The average molecular weight is 424 g/mol. The predicted molar refractivity (Wildman–Crippen MR) is 119 cm³/mol. The fraction of sp³-hybridized carbons (Fsp3) is 0.240. The highest BCUT2D eigenvalue weighted by Crippen LogP contribution is 2.17. The number of rotatable bonds is 10. The van der Waals surface area contributed by atoms with Crippen LogP contribution in [0.4, 0.5) is 8.78 Å². The Hall–Kier alpha value is -3.25. The highest BCUT2D eigenvalue weighted by Gasteiger charge is 2.09. The molecule has 1 heterocycles. The maximum Gasteiger partial charge on any atom is 0.254 e. The zero-order valence-electron chi connectivity index (χ0n) is 17.5. The molecule has 2 aromatic carbocycles. The summed E-state index contributed by atoms with van der Waals surface area (Å²) < 4.78 is 32.2. The molecule has 0 atom stereocenters. The Morgan fingerprint density at radius 2 is 1.77 bits per heavy atom. The molecule has 0 saturated heterocycles. The van der Waals surface area contributed by atoms with Crippen LogP contribution in [0.25, 0.3) is 5.57 Å². The van der Waals surface area contributed by atoms with Crippen LogP contribution in [-0.4, -0.2) is 29.5 Å². The van der Waals surface area contributed by atoms with Crippen molar-refractivity contribution in [1.82, 2.24) is 9.47 Å². The number of halogens is 2. The largest absolute Gasteiger partial charge is 0.489 e. The van der Waals surface area contributed by atoms with Crippen molar-refractivity contribution in [2.75, 3.05) is 13.6 Å². The molecule has 0 aliphatic heterocycles. The highest BCUT2D eigenvalue weighted by molar-refractivity contribution is 5.63. The van der Waals surface area contributed by atoms with Gasteiger partial charge in [0.2, 0.25) is 0 Å². The van der Waals surface area contributed by atoms with E-state index in [-0.39, 0.29) is 12.1 Å². The molecular formula is C25H26F2N2O2. The van der Waals surface area contributed by atoms with Gasteiger partial charge in [-0.05, 0) is 35.4 Å². The van der Waals surface area contributed by atoms with Crippen molar-refractivity contribution in [2.24, 2.45) is 0 Å². The summed E-state index contributed by atoms with van der Waals surface area (Å²) in [6, 6.07) is 20.6. The lowest BCUT2D eigenvalue weighted by Gasteiger charge is -2.16. The van der Waals surface area contributed by atoms with Gasteiger partial charge in [-0.3, -0.25) is 9.69 Å². The molecule has 0 spiro atoms. The van der Waals surface area contributed by atoms with Crippen LogP contribution in [0.15, 0.2) is 84.3 Å². The first-order valence-corrected chi connectivity index (χ1v) is 10.0. The van der Waals surface area contributed by atoms with Gasteiger partial charge >= 0.3 is 0 Å². The van der Waals surface area contributed by atoms with Crippen LogP contribution in [-0.2, 0) is 19.7 Å². The number of benzene rings is 2. The minimum absolute atomic E-state index is 0.169. The first-order valence-electron chi connectivity index (χ1n) is 10.0. The maximum absolute atomic E-state index is 12.5. The first kappa shape index (κ1) is 22.4. The van der Waals surface area contributed by atoms with Crippen LogP contribution in [0.2, 0.25) is 0 Å². The van der Waals surface area contributed by atoms with Crippen LogP contribution >= 0.6 is 0 Å². The Labute approximate surface area is 181 Å². The van der Waals surface area contributed by atoms with Gasteiger partial charge in [0.25, 0.3) is 12.0 Å². The van der Waals surface area contributed by atoms with E-state index < -0.39 is 6.43 Å². The molecule has 3 aromatic rings. The lowest BCUT2D eigenvalue weighted by molar-refractivity contribution is 0.0975. The van der Waals surface area contributed by atoms with Crippen molar-refractivity contribution in [3.63, 3.8) is 0 Å². The number of alkyl halides is 2. The Morgan fingerprint density at radius 1 is 1.06 bits per heavy atom. The number of nitrogens with zero attached hydrogens (tertiary/aromatic N) is 2. The molecule has 1 aromatic heterocycles. The van der Waals surface area contributed by atoms with Gasteiger partial charge in [-0.2, -0.15) is 0 Å². The molecule has 4 nitrogen and oxygen atoms in total. The summed E-state index contributed by atoms with van der Waals surface area (Å²) in [7, 11) is 1.67. The summed E-state index contributed by atoms with van der Waals surface area (Å²) in [5.41, 5.74) is 3.49. The summed E-state index contributed by atoms with van der Waals surface area (Å²) in [4.78, 5) is 14.0. The molecule has 0 aliphatic carbocycles. The Kier molecular flexibility index (Phi) is 7.73. The molecule has 162 valence electrons. The fourth-order valence-electron chi connectivity index (χ4n) is 3.21. The van der Waals surface area contributed by atoms with Gasteiger partial charge in [0.15, 0.2) is 0 Å². The number of allylic oxidation sites excluding steroid dienone is 1. The van der Waals surface area contributed by atoms with Gasteiger partial charge in [0, 0.05) is 18.8 Å². The van der Waals surface area contributed by atoms with Gasteiger partial charge < -0.3 is 9.30 Å². The molecule has 31 heavy (non-hydrogen) atoms. The molecule has 0 saturated carbocycles. The summed E-state index contributed by atoms with van der Waals surface area (Å²) in [6.45, 7) is 5.02. The molecule has 3 rings (SSSR count). The standard InChI is InChI=1S/C25H26F2N2O2/c1-19(22-10-8-20(9-11-22)16-28(2)17-24(26)27)15-29-13-12-23(14-25(29)30)31-18-21-6-4-3-5-7-21/h3-14,24H,1,15-18H2,2H3. The smallest absolute Gasteiger partial charge is 0.254 e. The molecule has 0 amide bonds. The molecule has 6 heteroatoms. The number of ether oxygens (including phenoxy) is 1. The van der Waals surface area contributed by atoms with E-state index in [1.165, 1.54) is 6.07 Å². The Balaban J connectivity index is 1.58. The van der Waals surface area contributed by atoms with E-state index in [9.17, 15) is 13.6 Å². The van der Waals surface area contributed by atoms with E-state index in [1.54, 1.807) is 28.8 Å². The second-order valence-electron chi connectivity index (χ2n) is 7.49. The minimum atomic E-state index is -2.35. The SMILES string of the molecule is C=C(Cn1ccc(OCc2ccccc2)cc1=O)c1ccc(CN(C)CC(F)F)cc1. The minimum Gasteiger partial charge on any atom is -0.489 e. The number of pyridine rings is 1. The lowest BCUT2D eigenvalue weighted by Crippen LogP contribution is -2.24. The topological polar surface area (TPSA) is 34.5 Å². The summed E-state index contributed by atoms with van der Waals surface area (Å²) >= 11 is 0. The van der Waals surface area contributed by atoms with E-state index in [1.807, 2.05) is 54.6 Å². The van der Waals surface area contributed by atoms with E-state index in [4.69, 9.17) is 4.74 Å². The second kappa shape index (κ2) is 10.7. The van der Waals surface area contributed by atoms with Crippen LogP contribution < -0.4 is 10.3 Å². The van der Waals surface area contributed by atoms with Crippen molar-refractivity contribution in [3.8, 4) is 5.75 Å². The molecule has 0 aliphatic rings. The third-order valence-corrected chi connectivity index (χ3v) is 4.84. The monoisotopic (exact) mass is 424 g/mol. The quantitative estimate of drug-likeness (QED) is 0.467. The van der Waals surface area contributed by atoms with Gasteiger partial charge in [-0.1, -0.05) is 61.2 Å². The zero-order chi connectivity index (χ0) is 22.2. The molecular weight excluding hydrogens is 398 g/mol. The number of hydrogen-bond donors (Lipinski definition) is 0. The lowest BCUT2D eigenvalue weighted by atomic mass is 10.0.